The summed E-state index contributed by atoms with van der Waals surface area (Å²) in [6.07, 6.45) is 4.63. The fourth-order valence-corrected chi connectivity index (χ4v) is 2.72. The smallest absolute Gasteiger partial charge is 0.226 e. The number of unbranched alkanes of at least 4 members (excludes halogenated alkanes) is 1. The van der Waals surface area contributed by atoms with Gasteiger partial charge in [-0.2, -0.15) is 4.98 Å². The van der Waals surface area contributed by atoms with Crippen molar-refractivity contribution in [3.05, 3.63) is 30.1 Å². The van der Waals surface area contributed by atoms with Gasteiger partial charge in [0.2, 0.25) is 5.89 Å². The van der Waals surface area contributed by atoms with Crippen LogP contribution in [-0.4, -0.2) is 24.9 Å². The minimum atomic E-state index is 0.597. The number of hydrogen-bond acceptors (Lipinski definition) is 7. The largest absolute Gasteiger partial charge is 0.461 e. The number of aryl methyl sites for hydroxylation is 1. The predicted molar refractivity (Wildman–Crippen MR) is 81.2 cm³/mol. The van der Waals surface area contributed by atoms with E-state index < -0.39 is 0 Å². The molecule has 0 saturated heterocycles. The first-order valence-electron chi connectivity index (χ1n) is 7.15. The summed E-state index contributed by atoms with van der Waals surface area (Å²) in [5.74, 6) is 3.37. The van der Waals surface area contributed by atoms with E-state index in [2.05, 4.69) is 27.3 Å². The van der Waals surface area contributed by atoms with Gasteiger partial charge in [-0.05, 0) is 18.6 Å². The van der Waals surface area contributed by atoms with Crippen molar-refractivity contribution in [2.45, 2.75) is 37.1 Å². The first kappa shape index (κ1) is 14.8. The molecule has 8 heteroatoms. The normalized spacial score (nSPS) is 11.2. The van der Waals surface area contributed by atoms with E-state index in [9.17, 15) is 0 Å². The number of aromatic nitrogens is 5. The third-order valence-electron chi connectivity index (χ3n) is 3.16. The summed E-state index contributed by atoms with van der Waals surface area (Å²) in [7, 11) is 1.91. The first-order valence-corrected chi connectivity index (χ1v) is 8.14. The van der Waals surface area contributed by atoms with Crippen molar-refractivity contribution in [1.29, 1.82) is 0 Å². The third-order valence-corrected chi connectivity index (χ3v) is 4.18. The monoisotopic (exact) mass is 319 g/mol. The molecule has 0 aromatic carbocycles. The van der Waals surface area contributed by atoms with Gasteiger partial charge in [-0.3, -0.25) is 0 Å². The molecule has 22 heavy (non-hydrogen) atoms. The van der Waals surface area contributed by atoms with Crippen LogP contribution in [0.15, 0.2) is 32.5 Å². The molecule has 116 valence electrons. The highest BCUT2D eigenvalue weighted by Crippen LogP contribution is 2.24. The van der Waals surface area contributed by atoms with Gasteiger partial charge in [0.05, 0.1) is 12.0 Å². The second kappa shape index (κ2) is 6.78. The average Bonchev–Trinajstić information content (AvgIpc) is 3.24. The van der Waals surface area contributed by atoms with Crippen molar-refractivity contribution >= 4 is 11.8 Å². The Balaban J connectivity index is 1.63. The molecule has 3 aromatic heterocycles. The molecule has 0 aliphatic heterocycles. The van der Waals surface area contributed by atoms with Gasteiger partial charge in [0.25, 0.3) is 0 Å². The van der Waals surface area contributed by atoms with Crippen molar-refractivity contribution in [3.63, 3.8) is 0 Å². The molecular weight excluding hydrogens is 302 g/mol. The Morgan fingerprint density at radius 2 is 2.23 bits per heavy atom. The lowest BCUT2D eigenvalue weighted by Crippen LogP contribution is -1.95. The lowest BCUT2D eigenvalue weighted by molar-refractivity contribution is 0.371. The zero-order valence-corrected chi connectivity index (χ0v) is 13.3. The van der Waals surface area contributed by atoms with Crippen molar-refractivity contribution in [1.82, 2.24) is 24.9 Å². The predicted octanol–water partition coefficient (Wildman–Crippen LogP) is 3.09. The molecule has 0 saturated carbocycles. The van der Waals surface area contributed by atoms with Gasteiger partial charge in [0, 0.05) is 13.5 Å². The maximum atomic E-state index is 5.35. The molecule has 7 nitrogen and oxygen atoms in total. The molecule has 0 spiro atoms. The van der Waals surface area contributed by atoms with Crippen LogP contribution in [0, 0.1) is 0 Å². The summed E-state index contributed by atoms with van der Waals surface area (Å²) in [6, 6.07) is 3.69. The molecule has 0 N–H and O–H groups in total. The van der Waals surface area contributed by atoms with Gasteiger partial charge in [0.1, 0.15) is 0 Å². The van der Waals surface area contributed by atoms with Crippen LogP contribution < -0.4 is 0 Å². The SMILES string of the molecule is CCCCc1nc(CSc2nnc(-c3ccco3)n2C)no1. The van der Waals surface area contributed by atoms with Gasteiger partial charge >= 0.3 is 0 Å². The van der Waals surface area contributed by atoms with Gasteiger partial charge < -0.3 is 13.5 Å². The van der Waals surface area contributed by atoms with Crippen LogP contribution in [0.4, 0.5) is 0 Å². The van der Waals surface area contributed by atoms with Crippen LogP contribution >= 0.6 is 11.8 Å². The molecule has 0 unspecified atom stereocenters. The molecule has 0 aliphatic carbocycles. The lowest BCUT2D eigenvalue weighted by atomic mass is 10.2. The highest BCUT2D eigenvalue weighted by Gasteiger charge is 2.14. The fourth-order valence-electron chi connectivity index (χ4n) is 1.97. The Morgan fingerprint density at radius 3 is 3.00 bits per heavy atom. The molecule has 3 aromatic rings. The summed E-state index contributed by atoms with van der Waals surface area (Å²) in [4.78, 5) is 4.37. The van der Waals surface area contributed by atoms with Gasteiger partial charge in [-0.1, -0.05) is 30.3 Å². The van der Waals surface area contributed by atoms with E-state index in [4.69, 9.17) is 8.94 Å². The van der Waals surface area contributed by atoms with Crippen LogP contribution in [0.25, 0.3) is 11.6 Å². The summed E-state index contributed by atoms with van der Waals surface area (Å²) in [5.41, 5.74) is 0. The van der Waals surface area contributed by atoms with Crippen LogP contribution in [-0.2, 0) is 19.2 Å². The highest BCUT2D eigenvalue weighted by atomic mass is 32.2. The van der Waals surface area contributed by atoms with E-state index in [0.717, 1.165) is 24.4 Å². The first-order chi connectivity index (χ1) is 10.8. The molecule has 0 atom stereocenters. The number of rotatable bonds is 7. The highest BCUT2D eigenvalue weighted by molar-refractivity contribution is 7.98. The van der Waals surface area contributed by atoms with E-state index in [1.54, 1.807) is 6.26 Å². The minimum absolute atomic E-state index is 0.597. The number of hydrogen-bond donors (Lipinski definition) is 0. The Morgan fingerprint density at radius 1 is 1.32 bits per heavy atom. The molecule has 0 aliphatic rings. The third kappa shape index (κ3) is 3.22. The van der Waals surface area contributed by atoms with Gasteiger partial charge in [-0.15, -0.1) is 10.2 Å². The summed E-state index contributed by atoms with van der Waals surface area (Å²) >= 11 is 1.52. The Labute approximate surface area is 132 Å². The standard InChI is InChI=1S/C14H17N5O2S/c1-3-4-7-12-15-11(18-21-12)9-22-14-17-16-13(19(14)2)10-6-5-8-20-10/h5-6,8H,3-4,7,9H2,1-2H3. The minimum Gasteiger partial charge on any atom is -0.461 e. The summed E-state index contributed by atoms with van der Waals surface area (Å²) < 4.78 is 12.5. The summed E-state index contributed by atoms with van der Waals surface area (Å²) in [5, 5.41) is 13.1. The van der Waals surface area contributed by atoms with E-state index in [-0.39, 0.29) is 0 Å². The number of furan rings is 1. The van der Waals surface area contributed by atoms with E-state index in [1.165, 1.54) is 11.8 Å². The van der Waals surface area contributed by atoms with E-state index >= 15 is 0 Å². The number of nitrogens with zero attached hydrogens (tertiary/aromatic N) is 5. The molecule has 0 bridgehead atoms. The van der Waals surface area contributed by atoms with Crippen molar-refractivity contribution in [3.8, 4) is 11.6 Å². The van der Waals surface area contributed by atoms with Crippen molar-refractivity contribution in [2.24, 2.45) is 7.05 Å². The lowest BCUT2D eigenvalue weighted by Gasteiger charge is -2.00. The Kier molecular flexibility index (Phi) is 4.57. The summed E-state index contributed by atoms with van der Waals surface area (Å²) in [6.45, 7) is 2.14. The second-order valence-electron chi connectivity index (χ2n) is 4.84. The quantitative estimate of drug-likeness (QED) is 0.619. The molecule has 0 amide bonds. The molecular formula is C14H17N5O2S. The molecule has 3 heterocycles. The van der Waals surface area contributed by atoms with Crippen LogP contribution in [0.5, 0.6) is 0 Å². The average molecular weight is 319 g/mol. The Bertz CT molecular complexity index is 720. The zero-order valence-electron chi connectivity index (χ0n) is 12.5. The fraction of sp³-hybridized carbons (Fsp3) is 0.429. The van der Waals surface area contributed by atoms with Crippen LogP contribution in [0.2, 0.25) is 0 Å². The maximum Gasteiger partial charge on any atom is 0.226 e. The van der Waals surface area contributed by atoms with Gasteiger partial charge in [0.15, 0.2) is 22.6 Å². The van der Waals surface area contributed by atoms with Crippen molar-refractivity contribution in [2.75, 3.05) is 0 Å². The zero-order chi connectivity index (χ0) is 15.4. The second-order valence-corrected chi connectivity index (χ2v) is 5.78. The molecule has 0 radical (unpaired) electrons. The van der Waals surface area contributed by atoms with Gasteiger partial charge in [-0.25, -0.2) is 0 Å². The van der Waals surface area contributed by atoms with Crippen LogP contribution in [0.1, 0.15) is 31.5 Å². The topological polar surface area (TPSA) is 82.8 Å². The van der Waals surface area contributed by atoms with Crippen molar-refractivity contribution < 1.29 is 8.94 Å². The van der Waals surface area contributed by atoms with E-state index in [1.807, 2.05) is 23.7 Å². The molecule has 3 rings (SSSR count). The molecule has 0 fully saturated rings. The maximum absolute atomic E-state index is 5.35. The van der Waals surface area contributed by atoms with E-state index in [0.29, 0.717) is 29.1 Å². The van der Waals surface area contributed by atoms with Crippen LogP contribution in [0.3, 0.4) is 0 Å². The number of thioether (sulfide) groups is 1. The Hall–Kier alpha value is -2.09.